The number of aliphatic hydroxyl groups is 1. The van der Waals surface area contributed by atoms with Gasteiger partial charge in [-0.25, -0.2) is 4.57 Å². The summed E-state index contributed by atoms with van der Waals surface area (Å²) in [6.07, 6.45) is 71.8. The van der Waals surface area contributed by atoms with E-state index in [9.17, 15) is 19.4 Å². The highest BCUT2D eigenvalue weighted by Gasteiger charge is 2.27. The van der Waals surface area contributed by atoms with Crippen LogP contribution in [0.5, 0.6) is 0 Å². The van der Waals surface area contributed by atoms with E-state index in [4.69, 9.17) is 9.05 Å². The average molecular weight is 968 g/mol. The Morgan fingerprint density at radius 1 is 0.515 bits per heavy atom. The Bertz CT molecular complexity index is 1470. The van der Waals surface area contributed by atoms with Crippen LogP contribution >= 0.6 is 7.82 Å². The monoisotopic (exact) mass is 968 g/mol. The number of phosphoric acid groups is 1. The SMILES string of the molecule is CC/C=C\C/C=C\C/C=C\C/C=C\C/C=C\C/C=C\C/C=C\C/C=C\CCCCCCCCCCCCC(=O)NC(COP(=O)(O)OCC[N+](C)(C)C)C(O)/C=C/CCCCCCCCCCC. The smallest absolute Gasteiger partial charge is 0.387 e. The van der Waals surface area contributed by atoms with Crippen molar-refractivity contribution < 1.29 is 32.9 Å². The summed E-state index contributed by atoms with van der Waals surface area (Å²) in [4.78, 5) is 23.2. The van der Waals surface area contributed by atoms with E-state index in [1.807, 2.05) is 27.2 Å². The molecule has 0 bridgehead atoms. The second-order valence-electron chi connectivity index (χ2n) is 19.2. The molecule has 0 fully saturated rings. The Hall–Kier alpha value is -2.84. The molecule has 0 aromatic carbocycles. The molecule has 0 radical (unpaired) electrons. The van der Waals surface area contributed by atoms with Gasteiger partial charge in [0.2, 0.25) is 5.91 Å². The zero-order valence-electron chi connectivity index (χ0n) is 44.3. The Labute approximate surface area is 419 Å². The molecule has 0 aromatic heterocycles. The van der Waals surface area contributed by atoms with Crippen molar-refractivity contribution in [2.75, 3.05) is 40.9 Å². The van der Waals surface area contributed by atoms with Crippen molar-refractivity contribution in [1.29, 1.82) is 0 Å². The summed E-state index contributed by atoms with van der Waals surface area (Å²) < 4.78 is 23.6. The molecule has 0 aliphatic rings. The normalized spacial score (nSPS) is 14.9. The molecule has 0 saturated heterocycles. The van der Waals surface area contributed by atoms with Gasteiger partial charge in [0, 0.05) is 6.42 Å². The maximum Gasteiger partial charge on any atom is 0.472 e. The summed E-state index contributed by atoms with van der Waals surface area (Å²) in [6, 6.07) is -0.854. The van der Waals surface area contributed by atoms with Gasteiger partial charge in [-0.2, -0.15) is 0 Å². The number of hydrogen-bond donors (Lipinski definition) is 3. The number of unbranched alkanes of at least 4 members (excludes halogenated alkanes) is 19. The maximum atomic E-state index is 12.9. The van der Waals surface area contributed by atoms with Crippen LogP contribution in [-0.2, 0) is 18.4 Å². The number of likely N-dealkylation sites (N-methyl/N-ethyl adjacent to an activating group) is 1. The molecular weight excluding hydrogens is 864 g/mol. The summed E-state index contributed by atoms with van der Waals surface area (Å²) in [6.45, 7) is 4.66. The molecule has 0 rings (SSSR count). The van der Waals surface area contributed by atoms with Gasteiger partial charge in [-0.15, -0.1) is 0 Å². The zero-order valence-corrected chi connectivity index (χ0v) is 45.2. The van der Waals surface area contributed by atoms with Crippen LogP contribution in [0.3, 0.4) is 0 Å². The number of aliphatic hydroxyl groups excluding tert-OH is 1. The summed E-state index contributed by atoms with van der Waals surface area (Å²) in [5.41, 5.74) is 0. The van der Waals surface area contributed by atoms with E-state index in [-0.39, 0.29) is 19.1 Å². The van der Waals surface area contributed by atoms with Gasteiger partial charge in [0.05, 0.1) is 39.9 Å². The van der Waals surface area contributed by atoms with Crippen molar-refractivity contribution in [1.82, 2.24) is 5.32 Å². The molecule has 0 aliphatic carbocycles. The van der Waals surface area contributed by atoms with E-state index in [2.05, 4.69) is 116 Å². The van der Waals surface area contributed by atoms with Gasteiger partial charge in [0.15, 0.2) is 0 Å². The van der Waals surface area contributed by atoms with E-state index >= 15 is 0 Å². The summed E-state index contributed by atoms with van der Waals surface area (Å²) >= 11 is 0. The fourth-order valence-corrected chi connectivity index (χ4v) is 7.97. The number of nitrogens with zero attached hydrogens (tertiary/aromatic N) is 1. The van der Waals surface area contributed by atoms with Gasteiger partial charge >= 0.3 is 7.82 Å². The highest BCUT2D eigenvalue weighted by molar-refractivity contribution is 7.47. The first-order valence-corrected chi connectivity index (χ1v) is 28.8. The van der Waals surface area contributed by atoms with Crippen molar-refractivity contribution in [3.63, 3.8) is 0 Å². The molecule has 0 aromatic rings. The molecule has 1 amide bonds. The Balaban J connectivity index is 4.11. The van der Waals surface area contributed by atoms with E-state index in [0.29, 0.717) is 17.4 Å². The maximum absolute atomic E-state index is 12.9. The minimum Gasteiger partial charge on any atom is -0.387 e. The number of rotatable bonds is 48. The molecule has 0 saturated carbocycles. The number of quaternary nitrogens is 1. The fraction of sp³-hybridized carbons (Fsp3) is 0.678. The van der Waals surface area contributed by atoms with Crippen molar-refractivity contribution in [2.45, 2.75) is 219 Å². The second-order valence-corrected chi connectivity index (χ2v) is 20.7. The largest absolute Gasteiger partial charge is 0.472 e. The molecule has 0 spiro atoms. The number of hydrogen-bond acceptors (Lipinski definition) is 5. The van der Waals surface area contributed by atoms with Crippen molar-refractivity contribution >= 4 is 13.7 Å². The topological polar surface area (TPSA) is 105 Å². The number of nitrogens with one attached hydrogen (secondary N) is 1. The molecule has 0 aliphatic heterocycles. The minimum atomic E-state index is -4.35. The van der Waals surface area contributed by atoms with Crippen LogP contribution in [0.2, 0.25) is 0 Å². The van der Waals surface area contributed by atoms with Gasteiger partial charge in [0.1, 0.15) is 13.2 Å². The third-order valence-corrected chi connectivity index (χ3v) is 12.5. The number of carbonyl (C=O) groups excluding carboxylic acids is 1. The molecule has 9 heteroatoms. The van der Waals surface area contributed by atoms with Crippen LogP contribution in [0.1, 0.15) is 206 Å². The predicted octanol–water partition coefficient (Wildman–Crippen LogP) is 16.4. The van der Waals surface area contributed by atoms with Crippen LogP contribution in [-0.4, -0.2) is 73.4 Å². The first-order chi connectivity index (χ1) is 33.0. The second kappa shape index (κ2) is 49.2. The third kappa shape index (κ3) is 51.0. The quantitative estimate of drug-likeness (QED) is 0.0243. The fourth-order valence-electron chi connectivity index (χ4n) is 7.23. The lowest BCUT2D eigenvalue weighted by molar-refractivity contribution is -0.870. The van der Waals surface area contributed by atoms with Crippen LogP contribution in [0.4, 0.5) is 0 Å². The standard InChI is InChI=1S/C59H103N2O6P/c1-6-8-10-12-14-16-18-19-20-21-22-23-24-25-26-27-28-29-30-31-32-33-34-35-36-37-38-39-40-41-43-45-47-49-51-53-59(63)60-57(56-67-68(64,65)66-55-54-61(3,4)5)58(62)52-50-48-46-44-42-17-15-13-11-9-7-2/h8,10,14,16,19-20,22-23,25-26,28-29,31-32,34-35,50,52,57-58,62H,6-7,9,11-13,15,17-18,21,24,27,30,33,36-49,51,53-56H2,1-5H3,(H-,60,63,64,65)/p+1/b10-8-,16-14-,20-19-,23-22-,26-25-,29-28-,32-31-,35-34-,52-50+. The third-order valence-electron chi connectivity index (χ3n) is 11.5. The zero-order chi connectivity index (χ0) is 49.9. The lowest BCUT2D eigenvalue weighted by atomic mass is 10.0. The van der Waals surface area contributed by atoms with Crippen LogP contribution in [0.25, 0.3) is 0 Å². The first kappa shape index (κ1) is 65.2. The van der Waals surface area contributed by atoms with Crippen LogP contribution < -0.4 is 5.32 Å². The van der Waals surface area contributed by atoms with Gasteiger partial charge in [-0.3, -0.25) is 13.8 Å². The van der Waals surface area contributed by atoms with Gasteiger partial charge < -0.3 is 19.8 Å². The van der Waals surface area contributed by atoms with E-state index in [1.54, 1.807) is 6.08 Å². The van der Waals surface area contributed by atoms with E-state index in [1.165, 1.54) is 89.9 Å². The van der Waals surface area contributed by atoms with Gasteiger partial charge in [-0.1, -0.05) is 226 Å². The molecule has 3 N–H and O–H groups in total. The molecule has 8 nitrogen and oxygen atoms in total. The molecule has 3 unspecified atom stereocenters. The highest BCUT2D eigenvalue weighted by atomic mass is 31.2. The lowest BCUT2D eigenvalue weighted by Gasteiger charge is -2.25. The molecular formula is C59H104N2O6P+. The molecule has 0 heterocycles. The van der Waals surface area contributed by atoms with Gasteiger partial charge in [-0.05, 0) is 83.5 Å². The van der Waals surface area contributed by atoms with Crippen LogP contribution in [0, 0.1) is 0 Å². The summed E-state index contributed by atoms with van der Waals surface area (Å²) in [7, 11) is 1.55. The number of phosphoric ester groups is 1. The number of carbonyl (C=O) groups is 1. The molecule has 390 valence electrons. The van der Waals surface area contributed by atoms with E-state index in [0.717, 1.165) is 96.3 Å². The molecule has 3 atom stereocenters. The van der Waals surface area contributed by atoms with Crippen molar-refractivity contribution in [3.05, 3.63) is 109 Å². The van der Waals surface area contributed by atoms with Crippen molar-refractivity contribution in [2.24, 2.45) is 0 Å². The highest BCUT2D eigenvalue weighted by Crippen LogP contribution is 2.43. The average Bonchev–Trinajstić information content (AvgIpc) is 3.30. The molecule has 68 heavy (non-hydrogen) atoms. The summed E-state index contributed by atoms with van der Waals surface area (Å²) in [5, 5.41) is 13.8. The first-order valence-electron chi connectivity index (χ1n) is 27.3. The van der Waals surface area contributed by atoms with Crippen molar-refractivity contribution in [3.8, 4) is 0 Å². The predicted molar refractivity (Wildman–Crippen MR) is 295 cm³/mol. The Kier molecular flexibility index (Phi) is 47.1. The number of allylic oxidation sites excluding steroid dienone is 17. The summed E-state index contributed by atoms with van der Waals surface area (Å²) in [5.74, 6) is -0.188. The minimum absolute atomic E-state index is 0.0557. The Morgan fingerprint density at radius 2 is 0.882 bits per heavy atom. The van der Waals surface area contributed by atoms with Crippen LogP contribution in [0.15, 0.2) is 109 Å². The van der Waals surface area contributed by atoms with E-state index < -0.39 is 20.0 Å². The van der Waals surface area contributed by atoms with Gasteiger partial charge in [0.25, 0.3) is 0 Å². The number of amides is 1. The Morgan fingerprint density at radius 3 is 1.29 bits per heavy atom. The lowest BCUT2D eigenvalue weighted by Crippen LogP contribution is -2.45.